The fraction of sp³-hybridized carbons (Fsp3) is 0.250. The first kappa shape index (κ1) is 14.9. The molecule has 0 fully saturated rings. The monoisotopic (exact) mass is 317 g/mol. The predicted octanol–water partition coefficient (Wildman–Crippen LogP) is 3.68. The highest BCUT2D eigenvalue weighted by atomic mass is 32.1. The van der Waals surface area contributed by atoms with E-state index < -0.39 is 0 Å². The molecule has 6 heteroatoms. The maximum absolute atomic E-state index is 13.0. The van der Waals surface area contributed by atoms with Crippen LogP contribution in [0, 0.1) is 5.82 Å². The van der Waals surface area contributed by atoms with Crippen LogP contribution >= 0.6 is 11.3 Å². The Morgan fingerprint density at radius 2 is 2.05 bits per heavy atom. The molecule has 3 rings (SSSR count). The molecule has 114 valence electrons. The molecule has 1 atom stereocenters. The van der Waals surface area contributed by atoms with Crippen molar-refractivity contribution in [1.82, 2.24) is 9.97 Å². The Morgan fingerprint density at radius 1 is 1.27 bits per heavy atom. The molecule has 4 nitrogen and oxygen atoms in total. The lowest BCUT2D eigenvalue weighted by Crippen LogP contribution is -2.23. The fourth-order valence-electron chi connectivity index (χ4n) is 2.18. The molecule has 1 unspecified atom stereocenters. The highest BCUT2D eigenvalue weighted by molar-refractivity contribution is 7.22. The number of aliphatic hydroxyl groups excluding tert-OH is 1. The highest BCUT2D eigenvalue weighted by Crippen LogP contribution is 2.35. The van der Waals surface area contributed by atoms with Gasteiger partial charge in [0.2, 0.25) is 0 Å². The minimum atomic E-state index is -0.249. The Hall–Kier alpha value is -2.05. The normalized spacial score (nSPS) is 12.5. The summed E-state index contributed by atoms with van der Waals surface area (Å²) in [5.74, 6) is 0.477. The van der Waals surface area contributed by atoms with Gasteiger partial charge in [-0.3, -0.25) is 0 Å². The van der Waals surface area contributed by atoms with Crippen molar-refractivity contribution in [3.05, 3.63) is 42.5 Å². The van der Waals surface area contributed by atoms with Gasteiger partial charge in [0.05, 0.1) is 22.9 Å². The van der Waals surface area contributed by atoms with Crippen LogP contribution in [0.3, 0.4) is 0 Å². The second-order valence-corrected chi connectivity index (χ2v) is 6.04. The summed E-state index contributed by atoms with van der Waals surface area (Å²) in [5, 5.41) is 12.6. The molecule has 3 aromatic rings. The average molecular weight is 317 g/mol. The zero-order valence-corrected chi connectivity index (χ0v) is 12.9. The number of nitrogens with zero attached hydrogens (tertiary/aromatic N) is 2. The van der Waals surface area contributed by atoms with Crippen LogP contribution in [-0.2, 0) is 0 Å². The van der Waals surface area contributed by atoms with Gasteiger partial charge in [-0.05, 0) is 30.2 Å². The first-order valence-electron chi connectivity index (χ1n) is 7.09. The minimum absolute atomic E-state index is 0.0329. The van der Waals surface area contributed by atoms with E-state index in [2.05, 4.69) is 15.3 Å². The van der Waals surface area contributed by atoms with Gasteiger partial charge in [0.25, 0.3) is 0 Å². The lowest BCUT2D eigenvalue weighted by Gasteiger charge is -2.14. The second kappa shape index (κ2) is 6.37. The molecule has 0 saturated carbocycles. The van der Waals surface area contributed by atoms with Crippen molar-refractivity contribution >= 4 is 27.4 Å². The van der Waals surface area contributed by atoms with Gasteiger partial charge >= 0.3 is 0 Å². The molecule has 2 aromatic heterocycles. The lowest BCUT2D eigenvalue weighted by atomic mass is 10.2. The summed E-state index contributed by atoms with van der Waals surface area (Å²) in [6.07, 6.45) is 2.31. The van der Waals surface area contributed by atoms with Gasteiger partial charge < -0.3 is 10.4 Å². The van der Waals surface area contributed by atoms with Gasteiger partial charge in [-0.1, -0.05) is 19.1 Å². The number of benzene rings is 1. The third kappa shape index (κ3) is 2.93. The number of hydrogen-bond donors (Lipinski definition) is 2. The van der Waals surface area contributed by atoms with E-state index in [1.807, 2.05) is 13.0 Å². The number of thiophene rings is 1. The Labute approximate surface area is 131 Å². The van der Waals surface area contributed by atoms with Gasteiger partial charge in [-0.2, -0.15) is 0 Å². The van der Waals surface area contributed by atoms with Crippen LogP contribution < -0.4 is 5.32 Å². The minimum Gasteiger partial charge on any atom is -0.394 e. The molecule has 2 N–H and O–H groups in total. The second-order valence-electron chi connectivity index (χ2n) is 4.99. The van der Waals surface area contributed by atoms with Crippen molar-refractivity contribution in [2.75, 3.05) is 11.9 Å². The zero-order chi connectivity index (χ0) is 15.5. The van der Waals surface area contributed by atoms with Gasteiger partial charge in [-0.15, -0.1) is 11.3 Å². The predicted molar refractivity (Wildman–Crippen MR) is 87.6 cm³/mol. The molecule has 22 heavy (non-hydrogen) atoms. The fourth-order valence-corrected chi connectivity index (χ4v) is 3.25. The number of nitrogens with one attached hydrogen (secondary N) is 1. The Morgan fingerprint density at radius 3 is 2.73 bits per heavy atom. The highest BCUT2D eigenvalue weighted by Gasteiger charge is 2.13. The quantitative estimate of drug-likeness (QED) is 0.753. The summed E-state index contributed by atoms with van der Waals surface area (Å²) in [7, 11) is 0. The van der Waals surface area contributed by atoms with Crippen LogP contribution in [-0.4, -0.2) is 27.7 Å². The van der Waals surface area contributed by atoms with Crippen molar-refractivity contribution in [3.8, 4) is 10.4 Å². The van der Waals surface area contributed by atoms with Crippen LogP contribution in [0.4, 0.5) is 10.2 Å². The van der Waals surface area contributed by atoms with Crippen molar-refractivity contribution < 1.29 is 9.50 Å². The van der Waals surface area contributed by atoms with E-state index in [1.165, 1.54) is 18.5 Å². The summed E-state index contributed by atoms with van der Waals surface area (Å²) in [6, 6.07) is 8.34. The maximum Gasteiger partial charge on any atom is 0.147 e. The first-order chi connectivity index (χ1) is 10.7. The smallest absolute Gasteiger partial charge is 0.147 e. The molecular formula is C16H16FN3OS. The number of aliphatic hydroxyl groups is 1. The number of aromatic nitrogens is 2. The van der Waals surface area contributed by atoms with Gasteiger partial charge in [-0.25, -0.2) is 14.4 Å². The van der Waals surface area contributed by atoms with E-state index >= 15 is 0 Å². The van der Waals surface area contributed by atoms with E-state index in [-0.39, 0.29) is 18.5 Å². The summed E-state index contributed by atoms with van der Waals surface area (Å²) in [5.41, 5.74) is 1.79. The van der Waals surface area contributed by atoms with E-state index in [0.717, 1.165) is 32.9 Å². The SMILES string of the molecule is CCC(CO)Nc1ncnc2cc(-c3ccc(F)cc3)sc12. The van der Waals surface area contributed by atoms with E-state index in [0.29, 0.717) is 0 Å². The van der Waals surface area contributed by atoms with Crippen LogP contribution in [0.1, 0.15) is 13.3 Å². The van der Waals surface area contributed by atoms with Crippen molar-refractivity contribution in [2.45, 2.75) is 19.4 Å². The number of rotatable bonds is 5. The summed E-state index contributed by atoms with van der Waals surface area (Å²) >= 11 is 1.55. The summed E-state index contributed by atoms with van der Waals surface area (Å²) < 4.78 is 14.0. The van der Waals surface area contributed by atoms with Crippen LogP contribution in [0.15, 0.2) is 36.7 Å². The number of halogens is 1. The van der Waals surface area contributed by atoms with Crippen LogP contribution in [0.5, 0.6) is 0 Å². The van der Waals surface area contributed by atoms with E-state index in [9.17, 15) is 9.50 Å². The molecule has 0 bridgehead atoms. The number of hydrogen-bond acceptors (Lipinski definition) is 5. The topological polar surface area (TPSA) is 58.0 Å². The van der Waals surface area contributed by atoms with Gasteiger partial charge in [0, 0.05) is 4.88 Å². The van der Waals surface area contributed by atoms with Gasteiger partial charge in [0.15, 0.2) is 0 Å². The molecule has 0 aliphatic carbocycles. The number of anilines is 1. The molecular weight excluding hydrogens is 301 g/mol. The molecule has 0 radical (unpaired) electrons. The van der Waals surface area contributed by atoms with Crippen molar-refractivity contribution in [3.63, 3.8) is 0 Å². The molecule has 0 spiro atoms. The molecule has 0 aliphatic rings. The molecule has 0 amide bonds. The largest absolute Gasteiger partial charge is 0.394 e. The van der Waals surface area contributed by atoms with E-state index in [1.54, 1.807) is 23.5 Å². The van der Waals surface area contributed by atoms with Crippen molar-refractivity contribution in [2.24, 2.45) is 0 Å². The molecule has 0 saturated heterocycles. The maximum atomic E-state index is 13.0. The standard InChI is InChI=1S/C16H16FN3OS/c1-2-12(8-21)20-16-15-13(18-9-19-16)7-14(22-15)10-3-5-11(17)6-4-10/h3-7,9,12,21H,2,8H2,1H3,(H,18,19,20). The zero-order valence-electron chi connectivity index (χ0n) is 12.1. The van der Waals surface area contributed by atoms with Crippen molar-refractivity contribution in [1.29, 1.82) is 0 Å². The summed E-state index contributed by atoms with van der Waals surface area (Å²) in [6.45, 7) is 2.06. The third-order valence-corrected chi connectivity index (χ3v) is 4.67. The Bertz CT molecular complexity index is 769. The van der Waals surface area contributed by atoms with Gasteiger partial charge in [0.1, 0.15) is 18.0 Å². The first-order valence-corrected chi connectivity index (χ1v) is 7.90. The summed E-state index contributed by atoms with van der Waals surface area (Å²) in [4.78, 5) is 9.58. The molecule has 1 aromatic carbocycles. The lowest BCUT2D eigenvalue weighted by molar-refractivity contribution is 0.271. The Balaban J connectivity index is 2.00. The molecule has 0 aliphatic heterocycles. The third-order valence-electron chi connectivity index (χ3n) is 3.49. The van der Waals surface area contributed by atoms with Crippen LogP contribution in [0.2, 0.25) is 0 Å². The molecule has 2 heterocycles. The van der Waals surface area contributed by atoms with E-state index in [4.69, 9.17) is 0 Å². The Kier molecular flexibility index (Phi) is 4.31. The average Bonchev–Trinajstić information content (AvgIpc) is 2.98. The number of fused-ring (bicyclic) bond motifs is 1. The van der Waals surface area contributed by atoms with Crippen LogP contribution in [0.25, 0.3) is 20.7 Å².